The van der Waals surface area contributed by atoms with Gasteiger partial charge < -0.3 is 5.73 Å². The van der Waals surface area contributed by atoms with Crippen LogP contribution in [0.4, 0.5) is 0 Å². The van der Waals surface area contributed by atoms with Crippen molar-refractivity contribution in [3.63, 3.8) is 0 Å². The lowest BCUT2D eigenvalue weighted by molar-refractivity contribution is 0.1000. The molecule has 12 heavy (non-hydrogen) atoms. The van der Waals surface area contributed by atoms with Crippen molar-refractivity contribution in [3.05, 3.63) is 34.9 Å². The summed E-state index contributed by atoms with van der Waals surface area (Å²) in [5.74, 6) is -0.392. The summed E-state index contributed by atoms with van der Waals surface area (Å²) < 4.78 is 7.68. The molecule has 0 heterocycles. The number of fused-ring (bicyclic) bond motifs is 1. The monoisotopic (exact) mass is 162 g/mol. The van der Waals surface area contributed by atoms with E-state index in [1.807, 2.05) is 12.1 Å². The molecule has 0 aromatic heterocycles. The largest absolute Gasteiger partial charge is 0.366 e. The average molecular weight is 162 g/mol. The van der Waals surface area contributed by atoms with Crippen LogP contribution in [-0.2, 0) is 12.8 Å². The third-order valence-corrected chi connectivity index (χ3v) is 2.21. The summed E-state index contributed by atoms with van der Waals surface area (Å²) in [7, 11) is 0. The number of amides is 1. The number of hydrogen-bond acceptors (Lipinski definition) is 1. The van der Waals surface area contributed by atoms with Crippen LogP contribution in [0.25, 0.3) is 0 Å². The van der Waals surface area contributed by atoms with Crippen molar-refractivity contribution < 1.29 is 6.17 Å². The van der Waals surface area contributed by atoms with E-state index < -0.39 is 5.91 Å². The van der Waals surface area contributed by atoms with Gasteiger partial charge in [-0.3, -0.25) is 4.79 Å². The smallest absolute Gasteiger partial charge is 0.248 e. The molecular weight excluding hydrogens is 150 g/mol. The van der Waals surface area contributed by atoms with Crippen molar-refractivity contribution in [1.82, 2.24) is 0 Å². The molecule has 2 heteroatoms. The Balaban J connectivity index is 2.45. The van der Waals surface area contributed by atoms with E-state index in [1.54, 1.807) is 6.07 Å². The molecule has 0 aliphatic heterocycles. The molecule has 1 aromatic carbocycles. The summed E-state index contributed by atoms with van der Waals surface area (Å²) in [6.45, 7) is 0. The normalized spacial score (nSPS) is 21.7. The second kappa shape index (κ2) is 2.63. The molecule has 0 radical (unpaired) electrons. The maximum absolute atomic E-state index is 10.9. The van der Waals surface area contributed by atoms with E-state index in [2.05, 4.69) is 0 Å². The molecule has 1 amide bonds. The van der Waals surface area contributed by atoms with Crippen LogP contribution >= 0.6 is 0 Å². The Labute approximate surface area is 72.8 Å². The fraction of sp³-hybridized carbons (Fsp3) is 0.300. The molecule has 0 fully saturated rings. The molecule has 62 valence electrons. The molecule has 2 N–H and O–H groups in total. The van der Waals surface area contributed by atoms with Gasteiger partial charge in [0, 0.05) is 6.93 Å². The number of carbonyl (C=O) groups excluding carboxylic acids is 1. The summed E-state index contributed by atoms with van der Waals surface area (Å²) in [5.41, 5.74) is 7.86. The van der Waals surface area contributed by atoms with Gasteiger partial charge in [-0.2, -0.15) is 0 Å². The molecule has 1 aliphatic carbocycles. The van der Waals surface area contributed by atoms with Gasteiger partial charge in [0.15, 0.2) is 0 Å². The summed E-state index contributed by atoms with van der Waals surface area (Å²) in [6, 6.07) is 5.36. The van der Waals surface area contributed by atoms with Crippen LogP contribution in [0.5, 0.6) is 0 Å². The molecule has 1 aliphatic rings. The number of nitrogens with two attached hydrogens (primary N) is 1. The molecule has 1 unspecified atom stereocenters. The lowest BCUT2D eigenvalue weighted by atomic mass is 10.1. The highest BCUT2D eigenvalue weighted by Gasteiger charge is 2.11. The number of benzene rings is 1. The van der Waals surface area contributed by atoms with Crippen LogP contribution < -0.4 is 5.73 Å². The van der Waals surface area contributed by atoms with Gasteiger partial charge in [-0.1, -0.05) is 6.07 Å². The minimum Gasteiger partial charge on any atom is -0.366 e. The summed E-state index contributed by atoms with van der Waals surface area (Å²) in [6.07, 6.45) is 1.64. The lowest BCUT2D eigenvalue weighted by Gasteiger charge is -2.00. The Morgan fingerprint density at radius 3 is 3.08 bits per heavy atom. The molecule has 2 rings (SSSR count). The lowest BCUT2D eigenvalue weighted by Crippen LogP contribution is -2.11. The van der Waals surface area contributed by atoms with E-state index in [0.717, 1.165) is 24.0 Å². The van der Waals surface area contributed by atoms with Gasteiger partial charge in [0.2, 0.25) is 5.91 Å². The van der Waals surface area contributed by atoms with Crippen LogP contribution in [0.2, 0.25) is 0 Å². The van der Waals surface area contributed by atoms with Gasteiger partial charge >= 0.3 is 0 Å². The van der Waals surface area contributed by atoms with E-state index in [0.29, 0.717) is 5.56 Å². The Bertz CT molecular complexity index is 362. The second-order valence-electron chi connectivity index (χ2n) is 3.02. The van der Waals surface area contributed by atoms with Crippen LogP contribution in [0.3, 0.4) is 0 Å². The molecule has 2 nitrogen and oxygen atoms in total. The van der Waals surface area contributed by atoms with Crippen molar-refractivity contribution in [2.45, 2.75) is 19.2 Å². The predicted octanol–water partition coefficient (Wildman–Crippen LogP) is 1.27. The maximum Gasteiger partial charge on any atom is 0.248 e. The van der Waals surface area contributed by atoms with Crippen LogP contribution in [-0.4, -0.2) is 5.91 Å². The average Bonchev–Trinajstić information content (AvgIpc) is 2.47. The van der Waals surface area contributed by atoms with Crippen molar-refractivity contribution in [1.29, 1.82) is 0 Å². The Hall–Kier alpha value is -1.31. The Morgan fingerprint density at radius 1 is 1.50 bits per heavy atom. The number of hydrogen-bond donors (Lipinski definition) is 1. The van der Waals surface area contributed by atoms with E-state index in [-0.39, 0.29) is 6.40 Å². The SMILES string of the molecule is [2H]C1CCc2cc(C(N)=O)ccc21. The zero-order valence-corrected chi connectivity index (χ0v) is 6.71. The highest BCUT2D eigenvalue weighted by molar-refractivity contribution is 5.93. The molecule has 1 aromatic rings. The maximum atomic E-state index is 10.9. The molecule has 0 spiro atoms. The number of carbonyl (C=O) groups is 1. The minimum atomic E-state index is -0.392. The van der Waals surface area contributed by atoms with Gasteiger partial charge in [-0.15, -0.1) is 0 Å². The third kappa shape index (κ3) is 1.09. The van der Waals surface area contributed by atoms with Gasteiger partial charge in [0.1, 0.15) is 0 Å². The van der Waals surface area contributed by atoms with Crippen molar-refractivity contribution in [2.24, 2.45) is 5.73 Å². The third-order valence-electron chi connectivity index (χ3n) is 2.21. The van der Waals surface area contributed by atoms with E-state index in [9.17, 15) is 4.79 Å². The first-order chi connectivity index (χ1) is 6.18. The quantitative estimate of drug-likeness (QED) is 0.664. The number of aryl methyl sites for hydroxylation is 2. The Kier molecular flexibility index (Phi) is 1.36. The number of rotatable bonds is 1. The zero-order valence-electron chi connectivity index (χ0n) is 7.71. The fourth-order valence-corrected chi connectivity index (χ4v) is 1.56. The molecular formula is C10H11NO. The van der Waals surface area contributed by atoms with Gasteiger partial charge in [-0.25, -0.2) is 0 Å². The van der Waals surface area contributed by atoms with Gasteiger partial charge in [-0.05, 0) is 42.5 Å². The standard InChI is InChI=1S/C10H11NO/c11-10(12)9-5-4-7-2-1-3-8(7)6-9/h4-6H,1-3H2,(H2,11,12)/i2D. The zero-order chi connectivity index (χ0) is 9.42. The van der Waals surface area contributed by atoms with Crippen LogP contribution in [0.15, 0.2) is 18.2 Å². The topological polar surface area (TPSA) is 43.1 Å². The van der Waals surface area contributed by atoms with Crippen molar-refractivity contribution >= 4 is 5.91 Å². The second-order valence-corrected chi connectivity index (χ2v) is 3.02. The first-order valence-corrected chi connectivity index (χ1v) is 4.03. The van der Waals surface area contributed by atoms with Crippen LogP contribution in [0, 0.1) is 0 Å². The van der Waals surface area contributed by atoms with Gasteiger partial charge in [0.05, 0.1) is 0 Å². The van der Waals surface area contributed by atoms with Crippen molar-refractivity contribution in [3.8, 4) is 0 Å². The summed E-state index contributed by atoms with van der Waals surface area (Å²) in [4.78, 5) is 10.9. The molecule has 1 atom stereocenters. The minimum absolute atomic E-state index is 0.114. The fourth-order valence-electron chi connectivity index (χ4n) is 1.56. The first-order valence-electron chi connectivity index (χ1n) is 4.61. The first kappa shape index (κ1) is 6.23. The summed E-state index contributed by atoms with van der Waals surface area (Å²) in [5, 5.41) is 0. The predicted molar refractivity (Wildman–Crippen MR) is 47.0 cm³/mol. The van der Waals surface area contributed by atoms with E-state index >= 15 is 0 Å². The highest BCUT2D eigenvalue weighted by Crippen LogP contribution is 2.22. The summed E-state index contributed by atoms with van der Waals surface area (Å²) >= 11 is 0. The highest BCUT2D eigenvalue weighted by atomic mass is 16.1. The Morgan fingerprint density at radius 2 is 2.33 bits per heavy atom. The van der Waals surface area contributed by atoms with Gasteiger partial charge in [0.25, 0.3) is 0 Å². The van der Waals surface area contributed by atoms with E-state index in [1.165, 1.54) is 0 Å². The molecule has 0 bridgehead atoms. The van der Waals surface area contributed by atoms with Crippen molar-refractivity contribution in [2.75, 3.05) is 0 Å². The molecule has 0 saturated carbocycles. The van der Waals surface area contributed by atoms with Crippen LogP contribution in [0.1, 0.15) is 29.3 Å². The molecule has 0 saturated heterocycles. The number of primary amides is 1. The van der Waals surface area contributed by atoms with E-state index in [4.69, 9.17) is 7.10 Å².